The summed E-state index contributed by atoms with van der Waals surface area (Å²) in [4.78, 5) is 1.73. The number of hydrogen-bond donors (Lipinski definition) is 1. The fourth-order valence-corrected chi connectivity index (χ4v) is 3.59. The number of rotatable bonds is 6. The zero-order chi connectivity index (χ0) is 19.8. The lowest BCUT2D eigenvalue weighted by Gasteiger charge is -2.27. The monoisotopic (exact) mass is 437 g/mol. The average molecular weight is 439 g/mol. The van der Waals surface area contributed by atoms with Gasteiger partial charge in [-0.25, -0.2) is 0 Å². The van der Waals surface area contributed by atoms with Gasteiger partial charge in [0.05, 0.1) is 14.9 Å². The molecule has 0 bridgehead atoms. The molecule has 1 unspecified atom stereocenters. The largest absolute Gasteiger partial charge is 0.351 e. The first-order valence-electron chi connectivity index (χ1n) is 6.48. The van der Waals surface area contributed by atoms with Crippen LogP contribution in [0.15, 0.2) is 30.3 Å². The highest BCUT2D eigenvalue weighted by Gasteiger charge is 2.34. The molecular formula is C13H19Cl3NO7P. The minimum atomic E-state index is -4.69. The molecule has 0 aliphatic heterocycles. The van der Waals surface area contributed by atoms with E-state index in [1.165, 1.54) is 14.2 Å². The van der Waals surface area contributed by atoms with Crippen molar-refractivity contribution in [1.29, 1.82) is 0 Å². The molecule has 0 fully saturated rings. The smallest absolute Gasteiger partial charge is 0.311 e. The summed E-state index contributed by atoms with van der Waals surface area (Å²) < 4.78 is 55.3. The highest BCUT2D eigenvalue weighted by Crippen LogP contribution is 2.53. The van der Waals surface area contributed by atoms with E-state index in [9.17, 15) is 4.57 Å². The molecule has 12 heteroatoms. The van der Waals surface area contributed by atoms with Crippen molar-refractivity contribution < 1.29 is 42.5 Å². The molecule has 1 aromatic rings. The predicted octanol–water partition coefficient (Wildman–Crippen LogP) is 0.169. The Balaban J connectivity index is 0.00000101. The van der Waals surface area contributed by atoms with Crippen molar-refractivity contribution in [3.63, 3.8) is 0 Å². The van der Waals surface area contributed by atoms with E-state index < -0.39 is 23.6 Å². The van der Waals surface area contributed by atoms with E-state index >= 15 is 0 Å². The fourth-order valence-electron chi connectivity index (χ4n) is 1.65. The summed E-state index contributed by atoms with van der Waals surface area (Å²) in [6.07, 6.45) is 1.65. The first-order chi connectivity index (χ1) is 11.3. The van der Waals surface area contributed by atoms with E-state index in [1.54, 1.807) is 49.3 Å². The molecule has 0 amide bonds. The number of likely N-dealkylation sites (N-methyl/N-ethyl adjacent to an activating group) is 1. The molecular weight excluding hydrogens is 419 g/mol. The normalized spacial score (nSPS) is 14.1. The number of hydrogen-bond acceptors (Lipinski definition) is 8. The molecule has 1 aromatic carbocycles. The molecule has 1 atom stereocenters. The van der Waals surface area contributed by atoms with Crippen molar-refractivity contribution in [2.75, 3.05) is 28.3 Å². The third kappa shape index (κ3) is 9.89. The van der Waals surface area contributed by atoms with Crippen molar-refractivity contribution in [2.24, 2.45) is 0 Å². The topological polar surface area (TPSA) is 128 Å². The molecule has 1 N–H and O–H groups in total. The van der Waals surface area contributed by atoms with E-state index in [2.05, 4.69) is 0 Å². The van der Waals surface area contributed by atoms with E-state index in [0.717, 1.165) is 5.56 Å². The Labute approximate surface area is 158 Å². The van der Waals surface area contributed by atoms with Gasteiger partial charge in [-0.2, -0.15) is 14.0 Å². The van der Waals surface area contributed by atoms with Gasteiger partial charge in [-0.05, 0) is 37.9 Å². The molecule has 8 nitrogen and oxygen atoms in total. The molecule has 25 heavy (non-hydrogen) atoms. The van der Waals surface area contributed by atoms with Crippen molar-refractivity contribution in [3.05, 3.63) is 40.9 Å². The third-order valence-corrected chi connectivity index (χ3v) is 5.65. The van der Waals surface area contributed by atoms with Crippen LogP contribution in [-0.4, -0.2) is 43.7 Å². The number of halogens is 3. The van der Waals surface area contributed by atoms with Gasteiger partial charge in [-0.15, -0.1) is 0 Å². The summed E-state index contributed by atoms with van der Waals surface area (Å²) in [5.41, 5.74) is 0.779. The van der Waals surface area contributed by atoms with E-state index in [1.807, 2.05) is 0 Å². The van der Waals surface area contributed by atoms with Crippen molar-refractivity contribution in [2.45, 2.75) is 5.78 Å². The summed E-state index contributed by atoms with van der Waals surface area (Å²) in [6.45, 7) is 0. The molecule has 0 radical (unpaired) electrons. The standard InChI is InChI=1S/C13H18Cl2NO3P.ClHO4/c1-16(2)13(20(17,18-3)19-4)9-12(15)10-5-7-11(14)8-6-10;2-1(3,4)5/h5-9,13H,1-4H3;(H,2,3,4,5). The Hall–Kier alpha value is -0.220. The van der Waals surface area contributed by atoms with Crippen LogP contribution in [0.2, 0.25) is 5.02 Å². The summed E-state index contributed by atoms with van der Waals surface area (Å²) in [5, 5.41) is 1.08. The molecule has 0 aliphatic rings. The second-order valence-electron chi connectivity index (χ2n) is 4.70. The maximum atomic E-state index is 12.5. The molecule has 0 aliphatic carbocycles. The Morgan fingerprint density at radius 3 is 1.96 bits per heavy atom. The Morgan fingerprint density at radius 2 is 1.64 bits per heavy atom. The van der Waals surface area contributed by atoms with Gasteiger partial charge in [-0.1, -0.05) is 35.3 Å². The maximum absolute atomic E-state index is 12.5. The minimum Gasteiger partial charge on any atom is -0.311 e. The minimum absolute atomic E-state index is 0.453. The van der Waals surface area contributed by atoms with Gasteiger partial charge in [0.25, 0.3) is 0 Å². The van der Waals surface area contributed by atoms with Gasteiger partial charge in [0.15, 0.2) is 0 Å². The van der Waals surface area contributed by atoms with Crippen molar-refractivity contribution in [3.8, 4) is 0 Å². The first-order valence-corrected chi connectivity index (χ1v) is 10.1. The molecule has 0 saturated carbocycles. The SMILES string of the molecule is COP(=O)(OC)C(C=C(Cl)c1ccc(Cl)cc1)N(C)C.[O-][Cl+3]([O-])([O-])O. The second kappa shape index (κ2) is 10.8. The van der Waals surface area contributed by atoms with Crippen molar-refractivity contribution in [1.82, 2.24) is 4.90 Å². The zero-order valence-electron chi connectivity index (χ0n) is 13.9. The van der Waals surface area contributed by atoms with Gasteiger partial charge < -0.3 is 9.05 Å². The van der Waals surface area contributed by atoms with Gasteiger partial charge >= 0.3 is 7.60 Å². The summed E-state index contributed by atoms with van der Waals surface area (Å²) in [5.74, 6) is -0.583. The summed E-state index contributed by atoms with van der Waals surface area (Å²) in [7, 11) is -1.73. The quantitative estimate of drug-likeness (QED) is 0.623. The Bertz CT molecular complexity index is 591. The second-order valence-corrected chi connectivity index (χ2v) is 8.67. The zero-order valence-corrected chi connectivity index (χ0v) is 17.1. The highest BCUT2D eigenvalue weighted by atomic mass is 35.7. The maximum Gasteiger partial charge on any atom is 0.351 e. The van der Waals surface area contributed by atoms with Crippen LogP contribution in [0, 0.1) is 10.2 Å². The summed E-state index contributed by atoms with van der Waals surface area (Å²) >= 11 is 12.1. The fraction of sp³-hybridized carbons (Fsp3) is 0.385. The van der Waals surface area contributed by atoms with Crippen LogP contribution in [0.4, 0.5) is 0 Å². The van der Waals surface area contributed by atoms with Gasteiger partial charge in [0.1, 0.15) is 5.78 Å². The highest BCUT2D eigenvalue weighted by molar-refractivity contribution is 7.54. The number of nitrogens with zero attached hydrogens (tertiary/aromatic N) is 1. The van der Waals surface area contributed by atoms with Crippen LogP contribution in [-0.2, 0) is 13.6 Å². The van der Waals surface area contributed by atoms with Crippen LogP contribution in [0.3, 0.4) is 0 Å². The van der Waals surface area contributed by atoms with Crippen LogP contribution in [0.5, 0.6) is 0 Å². The first kappa shape index (κ1) is 24.8. The van der Waals surface area contributed by atoms with Gasteiger partial charge in [0, 0.05) is 24.3 Å². The lowest BCUT2D eigenvalue weighted by atomic mass is 10.2. The number of benzene rings is 1. The lowest BCUT2D eigenvalue weighted by Crippen LogP contribution is -2.58. The van der Waals surface area contributed by atoms with Gasteiger partial charge in [0.2, 0.25) is 0 Å². The predicted molar refractivity (Wildman–Crippen MR) is 86.6 cm³/mol. The molecule has 0 aromatic heterocycles. The van der Waals surface area contributed by atoms with Crippen LogP contribution < -0.4 is 14.0 Å². The van der Waals surface area contributed by atoms with E-state index in [0.29, 0.717) is 10.1 Å². The van der Waals surface area contributed by atoms with Crippen LogP contribution in [0.25, 0.3) is 5.03 Å². The van der Waals surface area contributed by atoms with Crippen LogP contribution in [0.1, 0.15) is 5.56 Å². The van der Waals surface area contributed by atoms with Gasteiger partial charge in [-0.3, -0.25) is 9.46 Å². The summed E-state index contributed by atoms with van der Waals surface area (Å²) in [6, 6.07) is 7.06. The average Bonchev–Trinajstić information content (AvgIpc) is 2.50. The lowest BCUT2D eigenvalue weighted by molar-refractivity contribution is -1.92. The van der Waals surface area contributed by atoms with E-state index in [4.69, 9.17) is 50.9 Å². The molecule has 0 heterocycles. The van der Waals surface area contributed by atoms with Crippen LogP contribution >= 0.6 is 30.8 Å². The third-order valence-electron chi connectivity index (χ3n) is 2.78. The van der Waals surface area contributed by atoms with E-state index in [-0.39, 0.29) is 0 Å². The molecule has 0 spiro atoms. The van der Waals surface area contributed by atoms with Crippen molar-refractivity contribution >= 4 is 35.8 Å². The molecule has 0 saturated heterocycles. The Morgan fingerprint density at radius 1 is 1.24 bits per heavy atom. The molecule has 144 valence electrons. The Kier molecular flexibility index (Phi) is 10.7. The molecule has 1 rings (SSSR count).